The van der Waals surface area contributed by atoms with Crippen LogP contribution in [0.5, 0.6) is 0 Å². The number of ketones is 1. The van der Waals surface area contributed by atoms with E-state index in [-0.39, 0.29) is 0 Å². The number of hydrogen-bond donors (Lipinski definition) is 0. The molecule has 0 aromatic heterocycles. The molecule has 0 unspecified atom stereocenters. The Balaban J connectivity index is 1.71. The number of hydrogen-bond acceptors (Lipinski definition) is 3. The maximum absolute atomic E-state index is 10.9. The maximum atomic E-state index is 10.9. The number of unbranched alkanes of at least 4 members (excludes halogenated alkanes) is 1. The van der Waals surface area contributed by atoms with Crippen LogP contribution in [0.15, 0.2) is 24.3 Å². The molecule has 1 aromatic rings. The Morgan fingerprint density at radius 1 is 1.15 bits per heavy atom. The van der Waals surface area contributed by atoms with Crippen LogP contribution >= 0.6 is 0 Å². The van der Waals surface area contributed by atoms with E-state index >= 15 is 0 Å². The van der Waals surface area contributed by atoms with Gasteiger partial charge in [-0.2, -0.15) is 0 Å². The van der Waals surface area contributed by atoms with Crippen LogP contribution in [-0.4, -0.2) is 43.4 Å². The maximum Gasteiger partial charge on any atom is 0.129 e. The normalized spacial score (nSPS) is 16.4. The fraction of sp³-hybridized carbons (Fsp3) is 0.588. The van der Waals surface area contributed by atoms with Crippen molar-refractivity contribution in [3.05, 3.63) is 29.8 Å². The minimum absolute atomic E-state index is 0.314. The predicted octanol–water partition coefficient (Wildman–Crippen LogP) is 2.88. The highest BCUT2D eigenvalue weighted by Gasteiger charge is 2.16. The van der Waals surface area contributed by atoms with Gasteiger partial charge in [-0.15, -0.1) is 0 Å². The van der Waals surface area contributed by atoms with Gasteiger partial charge in [0.25, 0.3) is 0 Å². The highest BCUT2D eigenvalue weighted by molar-refractivity contribution is 5.75. The Labute approximate surface area is 122 Å². The molecule has 1 aliphatic heterocycles. The lowest BCUT2D eigenvalue weighted by Gasteiger charge is -2.36. The molecule has 1 heterocycles. The van der Waals surface area contributed by atoms with Gasteiger partial charge in [-0.05, 0) is 50.9 Å². The SMILES string of the molecule is CC(=O)CCCCN1CCN(c2cccc(C)c2)CC1. The van der Waals surface area contributed by atoms with E-state index in [4.69, 9.17) is 0 Å². The molecule has 20 heavy (non-hydrogen) atoms. The summed E-state index contributed by atoms with van der Waals surface area (Å²) in [6.45, 7) is 9.44. The summed E-state index contributed by atoms with van der Waals surface area (Å²) in [5.74, 6) is 0.314. The van der Waals surface area contributed by atoms with E-state index in [0.29, 0.717) is 5.78 Å². The average Bonchev–Trinajstić information content (AvgIpc) is 2.44. The second kappa shape index (κ2) is 7.44. The molecule has 0 atom stereocenters. The smallest absolute Gasteiger partial charge is 0.129 e. The van der Waals surface area contributed by atoms with Crippen LogP contribution in [0, 0.1) is 6.92 Å². The molecule has 0 spiro atoms. The van der Waals surface area contributed by atoms with Gasteiger partial charge in [-0.1, -0.05) is 12.1 Å². The number of benzene rings is 1. The first-order chi connectivity index (χ1) is 9.65. The summed E-state index contributed by atoms with van der Waals surface area (Å²) in [6.07, 6.45) is 2.92. The van der Waals surface area contributed by atoms with Crippen molar-refractivity contribution < 1.29 is 4.79 Å². The number of carbonyl (C=O) groups excluding carboxylic acids is 1. The molecule has 1 saturated heterocycles. The van der Waals surface area contributed by atoms with Gasteiger partial charge in [0.1, 0.15) is 5.78 Å². The Morgan fingerprint density at radius 3 is 2.55 bits per heavy atom. The molecular weight excluding hydrogens is 248 g/mol. The molecule has 0 saturated carbocycles. The molecule has 0 aliphatic carbocycles. The van der Waals surface area contributed by atoms with Gasteiger partial charge < -0.3 is 9.69 Å². The van der Waals surface area contributed by atoms with Gasteiger partial charge in [0, 0.05) is 38.3 Å². The summed E-state index contributed by atoms with van der Waals surface area (Å²) in [5.41, 5.74) is 2.68. The largest absolute Gasteiger partial charge is 0.369 e. The zero-order valence-corrected chi connectivity index (χ0v) is 12.8. The zero-order chi connectivity index (χ0) is 14.4. The lowest BCUT2D eigenvalue weighted by molar-refractivity contribution is -0.117. The minimum Gasteiger partial charge on any atom is -0.369 e. The minimum atomic E-state index is 0.314. The number of anilines is 1. The first-order valence-electron chi connectivity index (χ1n) is 7.68. The van der Waals surface area contributed by atoms with E-state index in [9.17, 15) is 4.79 Å². The first kappa shape index (κ1) is 15.0. The molecular formula is C17H26N2O. The molecule has 0 amide bonds. The molecule has 1 aromatic carbocycles. The molecule has 1 aliphatic rings. The fourth-order valence-electron chi connectivity index (χ4n) is 2.76. The van der Waals surface area contributed by atoms with Crippen LogP contribution < -0.4 is 4.90 Å². The van der Waals surface area contributed by atoms with Crippen LogP contribution in [0.25, 0.3) is 0 Å². The molecule has 0 N–H and O–H groups in total. The highest BCUT2D eigenvalue weighted by Crippen LogP contribution is 2.17. The quantitative estimate of drug-likeness (QED) is 0.745. The van der Waals surface area contributed by atoms with E-state index in [2.05, 4.69) is 41.0 Å². The summed E-state index contributed by atoms with van der Waals surface area (Å²) in [6, 6.07) is 8.76. The second-order valence-electron chi connectivity index (χ2n) is 5.83. The summed E-state index contributed by atoms with van der Waals surface area (Å²) in [7, 11) is 0. The molecule has 3 nitrogen and oxygen atoms in total. The van der Waals surface area contributed by atoms with Gasteiger partial charge in [0.2, 0.25) is 0 Å². The van der Waals surface area contributed by atoms with Gasteiger partial charge in [-0.25, -0.2) is 0 Å². The van der Waals surface area contributed by atoms with Crippen LogP contribution in [-0.2, 0) is 4.79 Å². The number of nitrogens with zero attached hydrogens (tertiary/aromatic N) is 2. The van der Waals surface area contributed by atoms with Crippen molar-refractivity contribution in [3.63, 3.8) is 0 Å². The van der Waals surface area contributed by atoms with Crippen LogP contribution in [0.2, 0.25) is 0 Å². The van der Waals surface area contributed by atoms with E-state index in [1.807, 2.05) is 0 Å². The summed E-state index contributed by atoms with van der Waals surface area (Å²) < 4.78 is 0. The second-order valence-corrected chi connectivity index (χ2v) is 5.83. The summed E-state index contributed by atoms with van der Waals surface area (Å²) in [4.78, 5) is 15.9. The Hall–Kier alpha value is -1.35. The monoisotopic (exact) mass is 274 g/mol. The Morgan fingerprint density at radius 2 is 1.90 bits per heavy atom. The van der Waals surface area contributed by atoms with Gasteiger partial charge in [-0.3, -0.25) is 4.90 Å². The number of carbonyl (C=O) groups is 1. The average molecular weight is 274 g/mol. The lowest BCUT2D eigenvalue weighted by atomic mass is 10.1. The topological polar surface area (TPSA) is 23.6 Å². The third-order valence-electron chi connectivity index (χ3n) is 3.99. The Bertz CT molecular complexity index is 436. The fourth-order valence-corrected chi connectivity index (χ4v) is 2.76. The molecule has 0 radical (unpaired) electrons. The number of piperazine rings is 1. The van der Waals surface area contributed by atoms with Crippen LogP contribution in [0.1, 0.15) is 31.7 Å². The zero-order valence-electron chi connectivity index (χ0n) is 12.8. The molecule has 110 valence electrons. The highest BCUT2D eigenvalue weighted by atomic mass is 16.1. The standard InChI is InChI=1S/C17H26N2O/c1-15-6-5-8-17(14-15)19-12-10-18(11-13-19)9-4-3-7-16(2)20/h5-6,8,14H,3-4,7,9-13H2,1-2H3. The molecule has 2 rings (SSSR count). The first-order valence-corrected chi connectivity index (χ1v) is 7.68. The van der Waals surface area contributed by atoms with Crippen molar-refractivity contribution in [2.24, 2.45) is 0 Å². The van der Waals surface area contributed by atoms with Crippen molar-refractivity contribution in [1.82, 2.24) is 4.90 Å². The van der Waals surface area contributed by atoms with Crippen molar-refractivity contribution in [1.29, 1.82) is 0 Å². The van der Waals surface area contributed by atoms with E-state index in [0.717, 1.165) is 52.0 Å². The van der Waals surface area contributed by atoms with Crippen molar-refractivity contribution in [3.8, 4) is 0 Å². The molecule has 3 heteroatoms. The number of aryl methyl sites for hydroxylation is 1. The van der Waals surface area contributed by atoms with Crippen LogP contribution in [0.3, 0.4) is 0 Å². The summed E-state index contributed by atoms with van der Waals surface area (Å²) in [5, 5.41) is 0. The number of Topliss-reactive ketones (excluding diaryl/α,β-unsaturated/α-hetero) is 1. The van der Waals surface area contributed by atoms with E-state index in [1.165, 1.54) is 11.3 Å². The van der Waals surface area contributed by atoms with Crippen molar-refractivity contribution in [2.45, 2.75) is 33.1 Å². The molecule has 1 fully saturated rings. The van der Waals surface area contributed by atoms with Crippen molar-refractivity contribution >= 4 is 11.5 Å². The van der Waals surface area contributed by atoms with Crippen LogP contribution in [0.4, 0.5) is 5.69 Å². The van der Waals surface area contributed by atoms with Gasteiger partial charge in [0.05, 0.1) is 0 Å². The van der Waals surface area contributed by atoms with E-state index in [1.54, 1.807) is 6.92 Å². The third kappa shape index (κ3) is 4.64. The summed E-state index contributed by atoms with van der Waals surface area (Å²) >= 11 is 0. The lowest BCUT2D eigenvalue weighted by Crippen LogP contribution is -2.46. The Kier molecular flexibility index (Phi) is 5.60. The number of rotatable bonds is 6. The van der Waals surface area contributed by atoms with Gasteiger partial charge >= 0.3 is 0 Å². The van der Waals surface area contributed by atoms with Gasteiger partial charge in [0.15, 0.2) is 0 Å². The predicted molar refractivity (Wildman–Crippen MR) is 84.4 cm³/mol. The van der Waals surface area contributed by atoms with E-state index < -0.39 is 0 Å². The van der Waals surface area contributed by atoms with Crippen molar-refractivity contribution in [2.75, 3.05) is 37.6 Å². The third-order valence-corrected chi connectivity index (χ3v) is 3.99. The molecule has 0 bridgehead atoms.